The molecule has 0 bridgehead atoms. The second-order valence-corrected chi connectivity index (χ2v) is 9.04. The summed E-state index contributed by atoms with van der Waals surface area (Å²) in [5.74, 6) is 0.853. The number of rotatable bonds is 7. The van der Waals surface area contributed by atoms with E-state index in [1.807, 2.05) is 0 Å². The largest absolute Gasteiger partial charge is 0.292 e. The van der Waals surface area contributed by atoms with Crippen LogP contribution >= 0.6 is 22.7 Å². The van der Waals surface area contributed by atoms with E-state index in [0.29, 0.717) is 23.3 Å². The van der Waals surface area contributed by atoms with E-state index in [1.54, 1.807) is 17.4 Å². The van der Waals surface area contributed by atoms with E-state index in [9.17, 15) is 4.79 Å². The van der Waals surface area contributed by atoms with Crippen molar-refractivity contribution in [1.29, 1.82) is 0 Å². The minimum atomic E-state index is -0.0937. The zero-order valence-electron chi connectivity index (χ0n) is 15.1. The van der Waals surface area contributed by atoms with Crippen molar-refractivity contribution in [2.24, 2.45) is 5.92 Å². The lowest BCUT2D eigenvalue weighted by Crippen LogP contribution is -2.28. The Labute approximate surface area is 156 Å². The molecule has 0 spiro atoms. The molecule has 25 heavy (non-hydrogen) atoms. The lowest BCUT2D eigenvalue weighted by Gasteiger charge is -2.23. The van der Waals surface area contributed by atoms with Gasteiger partial charge in [0.1, 0.15) is 5.01 Å². The molecule has 3 aromatic heterocycles. The van der Waals surface area contributed by atoms with E-state index in [4.69, 9.17) is 4.98 Å². The summed E-state index contributed by atoms with van der Waals surface area (Å²) >= 11 is 3.27. The van der Waals surface area contributed by atoms with E-state index >= 15 is 0 Å². The van der Waals surface area contributed by atoms with E-state index in [0.717, 1.165) is 23.8 Å². The van der Waals surface area contributed by atoms with Crippen molar-refractivity contribution < 1.29 is 0 Å². The first-order chi connectivity index (χ1) is 11.9. The molecule has 0 saturated carbocycles. The van der Waals surface area contributed by atoms with Gasteiger partial charge in [-0.1, -0.05) is 45.1 Å². The van der Waals surface area contributed by atoms with Gasteiger partial charge < -0.3 is 0 Å². The maximum atomic E-state index is 12.4. The van der Waals surface area contributed by atoms with E-state index in [-0.39, 0.29) is 5.56 Å². The summed E-state index contributed by atoms with van der Waals surface area (Å²) in [5, 5.41) is 7.43. The van der Waals surface area contributed by atoms with Crippen molar-refractivity contribution >= 4 is 27.6 Å². The van der Waals surface area contributed by atoms with Gasteiger partial charge in [0.2, 0.25) is 4.96 Å². The summed E-state index contributed by atoms with van der Waals surface area (Å²) in [7, 11) is 0. The highest BCUT2D eigenvalue weighted by Gasteiger charge is 2.15. The van der Waals surface area contributed by atoms with Crippen LogP contribution in [0.25, 0.3) is 4.96 Å². The third kappa shape index (κ3) is 4.54. The Bertz CT molecular complexity index is 880. The molecule has 0 aliphatic carbocycles. The molecule has 0 aromatic carbocycles. The maximum absolute atomic E-state index is 12.4. The third-order valence-corrected chi connectivity index (χ3v) is 5.85. The van der Waals surface area contributed by atoms with Crippen LogP contribution in [0.15, 0.2) is 28.4 Å². The number of fused-ring (bicyclic) bond motifs is 1. The van der Waals surface area contributed by atoms with Gasteiger partial charge in [-0.15, -0.1) is 11.3 Å². The lowest BCUT2D eigenvalue weighted by molar-refractivity contribution is 0.227. The summed E-state index contributed by atoms with van der Waals surface area (Å²) in [4.78, 5) is 21.5. The molecule has 134 valence electrons. The van der Waals surface area contributed by atoms with Gasteiger partial charge in [-0.25, -0.2) is 4.98 Å². The SMILES string of the molecule is CC(C)CN(Cc1cc(=O)n2nc(C(C)C)sc2n1)Cc1cccs1. The van der Waals surface area contributed by atoms with Crippen molar-refractivity contribution in [3.8, 4) is 0 Å². The molecule has 0 radical (unpaired) electrons. The van der Waals surface area contributed by atoms with Crippen LogP contribution in [0.2, 0.25) is 0 Å². The van der Waals surface area contributed by atoms with Crippen LogP contribution in [0.5, 0.6) is 0 Å². The highest BCUT2D eigenvalue weighted by Crippen LogP contribution is 2.20. The van der Waals surface area contributed by atoms with Crippen molar-refractivity contribution in [3.05, 3.63) is 49.5 Å². The van der Waals surface area contributed by atoms with Crippen LogP contribution in [0.4, 0.5) is 0 Å². The molecule has 0 aliphatic rings. The Morgan fingerprint density at radius 2 is 2.04 bits per heavy atom. The molecular formula is C18H24N4OS2. The van der Waals surface area contributed by atoms with Crippen LogP contribution in [0, 0.1) is 5.92 Å². The van der Waals surface area contributed by atoms with Gasteiger partial charge in [0.05, 0.1) is 5.69 Å². The van der Waals surface area contributed by atoms with Gasteiger partial charge in [-0.3, -0.25) is 9.69 Å². The van der Waals surface area contributed by atoms with Crippen molar-refractivity contribution in [2.75, 3.05) is 6.54 Å². The zero-order valence-corrected chi connectivity index (χ0v) is 16.7. The Balaban J connectivity index is 1.86. The van der Waals surface area contributed by atoms with Gasteiger partial charge in [0.15, 0.2) is 0 Å². The Morgan fingerprint density at radius 3 is 2.68 bits per heavy atom. The van der Waals surface area contributed by atoms with Gasteiger partial charge in [-0.2, -0.15) is 9.61 Å². The maximum Gasteiger partial charge on any atom is 0.275 e. The molecule has 0 atom stereocenters. The minimum Gasteiger partial charge on any atom is -0.292 e. The molecule has 5 nitrogen and oxygen atoms in total. The van der Waals surface area contributed by atoms with Gasteiger partial charge in [0.25, 0.3) is 5.56 Å². The second kappa shape index (κ2) is 7.76. The minimum absolute atomic E-state index is 0.0937. The molecule has 0 N–H and O–H groups in total. The normalized spacial score (nSPS) is 12.1. The quantitative estimate of drug-likeness (QED) is 0.625. The summed E-state index contributed by atoms with van der Waals surface area (Å²) < 4.78 is 1.43. The molecule has 0 aliphatic heterocycles. The molecule has 0 amide bonds. The topological polar surface area (TPSA) is 50.5 Å². The van der Waals surface area contributed by atoms with Crippen molar-refractivity contribution in [3.63, 3.8) is 0 Å². The van der Waals surface area contributed by atoms with Crippen molar-refractivity contribution in [2.45, 2.75) is 46.7 Å². The van der Waals surface area contributed by atoms with E-state index in [1.165, 1.54) is 20.7 Å². The van der Waals surface area contributed by atoms with E-state index in [2.05, 4.69) is 55.2 Å². The van der Waals surface area contributed by atoms with Gasteiger partial charge >= 0.3 is 0 Å². The predicted molar refractivity (Wildman–Crippen MR) is 104 cm³/mol. The van der Waals surface area contributed by atoms with Crippen LogP contribution in [0.3, 0.4) is 0 Å². The fourth-order valence-electron chi connectivity index (χ4n) is 2.74. The monoisotopic (exact) mass is 376 g/mol. The Kier molecular flexibility index (Phi) is 5.66. The smallest absolute Gasteiger partial charge is 0.275 e. The fourth-order valence-corrected chi connectivity index (χ4v) is 4.41. The first-order valence-corrected chi connectivity index (χ1v) is 10.3. The van der Waals surface area contributed by atoms with Crippen molar-refractivity contribution in [1.82, 2.24) is 19.5 Å². The van der Waals surface area contributed by atoms with Crippen LogP contribution < -0.4 is 5.56 Å². The number of hydrogen-bond acceptors (Lipinski definition) is 6. The molecule has 0 saturated heterocycles. The predicted octanol–water partition coefficient (Wildman–Crippen LogP) is 3.99. The summed E-state index contributed by atoms with van der Waals surface area (Å²) in [6.07, 6.45) is 0. The number of hydrogen-bond donors (Lipinski definition) is 0. The second-order valence-electron chi connectivity index (χ2n) is 7.02. The summed E-state index contributed by atoms with van der Waals surface area (Å²) in [5.41, 5.74) is 0.727. The Hall–Kier alpha value is -1.57. The molecule has 3 heterocycles. The number of thiophene rings is 1. The third-order valence-electron chi connectivity index (χ3n) is 3.78. The number of nitrogens with zero attached hydrogens (tertiary/aromatic N) is 4. The Morgan fingerprint density at radius 1 is 1.24 bits per heavy atom. The van der Waals surface area contributed by atoms with Gasteiger partial charge in [-0.05, 0) is 17.4 Å². The lowest BCUT2D eigenvalue weighted by atomic mass is 10.2. The molecule has 0 unspecified atom stereocenters. The molecule has 0 fully saturated rings. The van der Waals surface area contributed by atoms with Crippen LogP contribution in [-0.4, -0.2) is 26.0 Å². The molecule has 3 rings (SSSR count). The highest BCUT2D eigenvalue weighted by molar-refractivity contribution is 7.16. The first kappa shape index (κ1) is 18.2. The zero-order chi connectivity index (χ0) is 18.0. The first-order valence-electron chi connectivity index (χ1n) is 8.57. The molecule has 3 aromatic rings. The fraction of sp³-hybridized carbons (Fsp3) is 0.500. The molecular weight excluding hydrogens is 352 g/mol. The average molecular weight is 377 g/mol. The highest BCUT2D eigenvalue weighted by atomic mass is 32.1. The average Bonchev–Trinajstić information content (AvgIpc) is 3.15. The standard InChI is InChI=1S/C18H24N4OS2/c1-12(2)9-21(11-15-6-5-7-24-15)10-14-8-16(23)22-18(19-14)25-17(20-22)13(3)4/h5-8,12-13H,9-11H2,1-4H3. The van der Waals surface area contributed by atoms with E-state index < -0.39 is 0 Å². The van der Waals surface area contributed by atoms with Gasteiger partial charge in [0, 0.05) is 36.5 Å². The summed E-state index contributed by atoms with van der Waals surface area (Å²) in [6.45, 7) is 11.1. The van der Waals surface area contributed by atoms with Crippen LogP contribution in [0.1, 0.15) is 49.2 Å². The molecule has 7 heteroatoms. The summed E-state index contributed by atoms with van der Waals surface area (Å²) in [6, 6.07) is 5.86. The van der Waals surface area contributed by atoms with Crippen LogP contribution in [-0.2, 0) is 13.1 Å². The number of aromatic nitrogens is 3.